The number of carboxylic acid groups (broad SMARTS) is 9. The van der Waals surface area contributed by atoms with Gasteiger partial charge >= 0.3 is 53.7 Å². The summed E-state index contributed by atoms with van der Waals surface area (Å²) in [5.74, 6) is -16.9. The summed E-state index contributed by atoms with van der Waals surface area (Å²) >= 11 is 0. The van der Waals surface area contributed by atoms with Crippen LogP contribution in [0.15, 0.2) is 18.2 Å². The van der Waals surface area contributed by atoms with E-state index in [0.29, 0.717) is 6.07 Å². The van der Waals surface area contributed by atoms with Gasteiger partial charge in [-0.05, 0) is 18.2 Å². The number of hydrogen-bond acceptors (Lipinski definition) is 9. The van der Waals surface area contributed by atoms with Gasteiger partial charge in [-0.15, -0.1) is 0 Å². The summed E-state index contributed by atoms with van der Waals surface area (Å²) in [5, 5.41) is 79.6. The fourth-order valence-electron chi connectivity index (χ4n) is 3.08. The van der Waals surface area contributed by atoms with Crippen molar-refractivity contribution in [2.45, 2.75) is 0 Å². The third kappa shape index (κ3) is 6.27. The van der Waals surface area contributed by atoms with Crippen molar-refractivity contribution in [2.24, 2.45) is 0 Å². The summed E-state index contributed by atoms with van der Waals surface area (Å²) in [6.45, 7) is 0. The number of benzene rings is 2. The van der Waals surface area contributed by atoms with Crippen molar-refractivity contribution in [3.63, 3.8) is 0 Å². The minimum absolute atomic E-state index is 0.296. The number of hydrogen-bond donors (Lipinski definition) is 9. The van der Waals surface area contributed by atoms with Crippen LogP contribution < -0.4 is 0 Å². The summed E-state index contributed by atoms with van der Waals surface area (Å²) in [6.07, 6.45) is 0. The van der Waals surface area contributed by atoms with Crippen LogP contribution >= 0.6 is 0 Å². The van der Waals surface area contributed by atoms with Gasteiger partial charge in [0.05, 0.1) is 50.1 Å². The lowest BCUT2D eigenvalue weighted by molar-refractivity contribution is 0.0609. The molecule has 0 aliphatic heterocycles. The smallest absolute Gasteiger partial charge is 0.337 e. The molecule has 0 fully saturated rings. The van der Waals surface area contributed by atoms with Gasteiger partial charge in [0.2, 0.25) is 0 Å². The molecule has 2 rings (SSSR count). The van der Waals surface area contributed by atoms with E-state index in [4.69, 9.17) is 46.0 Å². The minimum atomic E-state index is -2.07. The molecule has 39 heavy (non-hydrogen) atoms. The van der Waals surface area contributed by atoms with Crippen LogP contribution in [-0.4, -0.2) is 99.7 Å². The van der Waals surface area contributed by atoms with Crippen molar-refractivity contribution >= 4 is 53.7 Å². The average molecular weight is 552 g/mol. The Hall–Kier alpha value is -6.33. The second kappa shape index (κ2) is 11.6. The second-order valence-corrected chi connectivity index (χ2v) is 6.75. The van der Waals surface area contributed by atoms with Crippen LogP contribution in [0.2, 0.25) is 0 Å². The molecule has 204 valence electrons. The first-order chi connectivity index (χ1) is 17.9. The SMILES string of the molecule is O=C(O)c1cc(C(=O)O)c(C(=O)O)c(C(=O)O)c1C(=O)O.O=C(O)c1ccc(C(=O)O)c(C(=O)O)c1C(=O)O. The molecule has 0 aliphatic carbocycles. The highest BCUT2D eigenvalue weighted by Gasteiger charge is 2.34. The molecule has 0 aromatic heterocycles. The Morgan fingerprint density at radius 2 is 0.513 bits per heavy atom. The largest absolute Gasteiger partial charge is 0.478 e. The van der Waals surface area contributed by atoms with Crippen LogP contribution in [0.5, 0.6) is 0 Å². The number of carboxylic acids is 9. The summed E-state index contributed by atoms with van der Waals surface area (Å²) in [4.78, 5) is 98.5. The molecule has 2 aromatic rings. The van der Waals surface area contributed by atoms with Crippen molar-refractivity contribution in [2.75, 3.05) is 0 Å². The summed E-state index contributed by atoms with van der Waals surface area (Å²) in [6, 6.07) is 1.77. The zero-order chi connectivity index (χ0) is 30.5. The molecule has 0 amide bonds. The maximum Gasteiger partial charge on any atom is 0.337 e. The summed E-state index contributed by atoms with van der Waals surface area (Å²) < 4.78 is 0. The summed E-state index contributed by atoms with van der Waals surface area (Å²) in [5.41, 5.74) is -9.99. The standard InChI is InChI=1S/C11H6O10.C10H6O8/c12-7(13)2-1-3(8(14)15)5(10(18)19)6(11(20)21)4(2)9(16)17;11-7(12)3-1-2-4(8(13)14)6(10(17)18)5(3)9(15)16/h1H,(H,12,13)(H,14,15)(H,16,17)(H,18,19)(H,20,21);1-2H,(H,11,12)(H,13,14)(H,15,16)(H,17,18). The van der Waals surface area contributed by atoms with E-state index in [1.54, 1.807) is 0 Å². The van der Waals surface area contributed by atoms with E-state index in [2.05, 4.69) is 0 Å². The Morgan fingerprint density at radius 1 is 0.308 bits per heavy atom. The van der Waals surface area contributed by atoms with E-state index in [1.807, 2.05) is 0 Å². The van der Waals surface area contributed by atoms with Gasteiger partial charge in [0.1, 0.15) is 0 Å². The molecule has 0 unspecified atom stereocenters. The summed E-state index contributed by atoms with van der Waals surface area (Å²) in [7, 11) is 0. The molecule has 2 aromatic carbocycles. The highest BCUT2D eigenvalue weighted by molar-refractivity contribution is 6.17. The van der Waals surface area contributed by atoms with E-state index < -0.39 is 104 Å². The van der Waals surface area contributed by atoms with Crippen LogP contribution in [-0.2, 0) is 0 Å². The Morgan fingerprint density at radius 3 is 0.692 bits per heavy atom. The molecule has 9 N–H and O–H groups in total. The minimum Gasteiger partial charge on any atom is -0.478 e. The van der Waals surface area contributed by atoms with Crippen LogP contribution in [0.25, 0.3) is 0 Å². The van der Waals surface area contributed by atoms with Crippen LogP contribution in [0.3, 0.4) is 0 Å². The van der Waals surface area contributed by atoms with Crippen molar-refractivity contribution < 1.29 is 89.1 Å². The predicted octanol–water partition coefficient (Wildman–Crippen LogP) is 0.657. The van der Waals surface area contributed by atoms with Crippen molar-refractivity contribution in [3.8, 4) is 0 Å². The lowest BCUT2D eigenvalue weighted by Crippen LogP contribution is -2.23. The van der Waals surface area contributed by atoms with Gasteiger partial charge in [0.25, 0.3) is 0 Å². The van der Waals surface area contributed by atoms with E-state index in [0.717, 1.165) is 12.1 Å². The zero-order valence-electron chi connectivity index (χ0n) is 18.4. The van der Waals surface area contributed by atoms with E-state index in [1.165, 1.54) is 0 Å². The highest BCUT2D eigenvalue weighted by Crippen LogP contribution is 2.25. The molecule has 0 atom stereocenters. The fraction of sp³-hybridized carbons (Fsp3) is 0. The van der Waals surface area contributed by atoms with Gasteiger partial charge in [-0.25, -0.2) is 43.2 Å². The van der Waals surface area contributed by atoms with Gasteiger partial charge in [0, 0.05) is 0 Å². The normalized spacial score (nSPS) is 9.85. The molecule has 18 heteroatoms. The third-order valence-electron chi connectivity index (χ3n) is 4.52. The van der Waals surface area contributed by atoms with E-state index in [-0.39, 0.29) is 0 Å². The van der Waals surface area contributed by atoms with Crippen LogP contribution in [0, 0.1) is 0 Å². The molecule has 0 saturated carbocycles. The number of rotatable bonds is 9. The van der Waals surface area contributed by atoms with Gasteiger partial charge in [-0.3, -0.25) is 0 Å². The number of carbonyl (C=O) groups is 9. The molecule has 0 saturated heterocycles. The van der Waals surface area contributed by atoms with Crippen LogP contribution in [0.4, 0.5) is 0 Å². The maximum atomic E-state index is 11.1. The fourth-order valence-corrected chi connectivity index (χ4v) is 3.08. The second-order valence-electron chi connectivity index (χ2n) is 6.75. The Labute approximate surface area is 211 Å². The monoisotopic (exact) mass is 552 g/mol. The average Bonchev–Trinajstić information content (AvgIpc) is 2.81. The van der Waals surface area contributed by atoms with Gasteiger partial charge in [-0.1, -0.05) is 0 Å². The molecule has 0 heterocycles. The zero-order valence-corrected chi connectivity index (χ0v) is 18.4. The Bertz CT molecular complexity index is 1390. The van der Waals surface area contributed by atoms with E-state index >= 15 is 0 Å². The van der Waals surface area contributed by atoms with Gasteiger partial charge in [-0.2, -0.15) is 0 Å². The Balaban J connectivity index is 0.000000395. The molecule has 0 spiro atoms. The molecular formula is C21H12O18. The molecule has 0 bridgehead atoms. The highest BCUT2D eigenvalue weighted by atomic mass is 16.4. The molecule has 0 aliphatic rings. The molecule has 0 radical (unpaired) electrons. The lowest BCUT2D eigenvalue weighted by atomic mass is 9.91. The van der Waals surface area contributed by atoms with Crippen molar-refractivity contribution in [1.29, 1.82) is 0 Å². The van der Waals surface area contributed by atoms with Crippen molar-refractivity contribution in [3.05, 3.63) is 68.3 Å². The first-order valence-corrected chi connectivity index (χ1v) is 9.34. The molecular weight excluding hydrogens is 540 g/mol. The molecule has 18 nitrogen and oxygen atoms in total. The van der Waals surface area contributed by atoms with E-state index in [9.17, 15) is 43.2 Å². The first-order valence-electron chi connectivity index (χ1n) is 9.34. The van der Waals surface area contributed by atoms with Gasteiger partial charge < -0.3 is 46.0 Å². The quantitative estimate of drug-likeness (QED) is 0.206. The van der Waals surface area contributed by atoms with Crippen molar-refractivity contribution in [1.82, 2.24) is 0 Å². The maximum absolute atomic E-state index is 11.1. The Kier molecular flexibility index (Phi) is 9.13. The van der Waals surface area contributed by atoms with Gasteiger partial charge in [0.15, 0.2) is 0 Å². The first kappa shape index (κ1) is 30.7. The lowest BCUT2D eigenvalue weighted by Gasteiger charge is -2.12. The predicted molar refractivity (Wildman–Crippen MR) is 116 cm³/mol. The number of aromatic carboxylic acids is 9. The topological polar surface area (TPSA) is 336 Å². The third-order valence-corrected chi connectivity index (χ3v) is 4.52. The van der Waals surface area contributed by atoms with Crippen LogP contribution in [0.1, 0.15) is 93.2 Å².